The molecule has 0 aromatic heterocycles. The summed E-state index contributed by atoms with van der Waals surface area (Å²) >= 11 is 0. The van der Waals surface area contributed by atoms with Crippen molar-refractivity contribution in [3.8, 4) is 0 Å². The summed E-state index contributed by atoms with van der Waals surface area (Å²) in [5, 5.41) is 0. The lowest BCUT2D eigenvalue weighted by atomic mass is 10.0. The molecule has 0 radical (unpaired) electrons. The Labute approximate surface area is 187 Å². The Morgan fingerprint density at radius 2 is 0.586 bits per heavy atom. The molecule has 0 unspecified atom stereocenters. The van der Waals surface area contributed by atoms with E-state index in [0.29, 0.717) is 0 Å². The Kier molecular flexibility index (Phi) is 22.6. The molecule has 0 aromatic rings. The average Bonchev–Trinajstić information content (AvgIpc) is 2.73. The Hall–Kier alpha value is -0.0400. The number of unbranched alkanes of at least 4 members (excludes halogenated alkanes) is 16. The molecule has 0 bridgehead atoms. The minimum Gasteiger partial charge on any atom is -0.324 e. The average molecular weight is 411 g/mol. The van der Waals surface area contributed by atoms with Gasteiger partial charge in [0.2, 0.25) is 0 Å². The molecule has 0 fully saturated rings. The van der Waals surface area contributed by atoms with Gasteiger partial charge in [-0.2, -0.15) is 0 Å². The fourth-order valence-electron chi connectivity index (χ4n) is 4.95. The van der Waals surface area contributed by atoms with E-state index in [2.05, 4.69) is 27.7 Å². The van der Waals surface area contributed by atoms with Crippen LogP contribution in [-0.4, -0.2) is 30.7 Å². The molecule has 0 N–H and O–H groups in total. The molecule has 0 saturated heterocycles. The molecule has 0 rings (SSSR count). The third kappa shape index (κ3) is 18.4. The van der Waals surface area contributed by atoms with Crippen LogP contribution >= 0.6 is 0 Å². The first-order valence-corrected chi connectivity index (χ1v) is 14.1. The van der Waals surface area contributed by atoms with Crippen LogP contribution in [0.25, 0.3) is 0 Å². The van der Waals surface area contributed by atoms with Gasteiger partial charge in [-0.25, -0.2) is 0 Å². The second kappa shape index (κ2) is 22.6. The molecule has 0 aliphatic heterocycles. The Balaban J connectivity index is 3.66. The van der Waals surface area contributed by atoms with Gasteiger partial charge >= 0.3 is 0 Å². The van der Waals surface area contributed by atoms with Crippen LogP contribution in [0.15, 0.2) is 0 Å². The predicted molar refractivity (Wildman–Crippen MR) is 135 cm³/mol. The lowest BCUT2D eigenvalue weighted by Gasteiger charge is -2.39. The van der Waals surface area contributed by atoms with E-state index < -0.39 is 0 Å². The molecule has 0 heterocycles. The fraction of sp³-hybridized carbons (Fsp3) is 1.00. The van der Waals surface area contributed by atoms with E-state index in [1.807, 2.05) is 0 Å². The maximum Gasteiger partial charge on any atom is 0.0786 e. The zero-order chi connectivity index (χ0) is 21.5. The standard InChI is InChI=1S/C28H60N/c1-5-9-12-13-14-15-16-17-18-19-20-21-22-23-24-28-29(25-8-4,26-10-6-2)27-11-7-3/h5-28H2,1-4H3/q+1. The van der Waals surface area contributed by atoms with Gasteiger partial charge in [-0.05, 0) is 32.1 Å². The summed E-state index contributed by atoms with van der Waals surface area (Å²) in [5.74, 6) is 0. The van der Waals surface area contributed by atoms with E-state index in [9.17, 15) is 0 Å². The highest BCUT2D eigenvalue weighted by molar-refractivity contribution is 4.52. The molecule has 0 aliphatic carbocycles. The first-order chi connectivity index (χ1) is 14.2. The Morgan fingerprint density at radius 3 is 0.931 bits per heavy atom. The molecule has 0 saturated carbocycles. The van der Waals surface area contributed by atoms with Gasteiger partial charge in [0.05, 0.1) is 26.2 Å². The summed E-state index contributed by atoms with van der Waals surface area (Å²) in [7, 11) is 0. The van der Waals surface area contributed by atoms with Crippen molar-refractivity contribution >= 4 is 0 Å². The van der Waals surface area contributed by atoms with Gasteiger partial charge in [0, 0.05) is 0 Å². The summed E-state index contributed by atoms with van der Waals surface area (Å²) in [4.78, 5) is 0. The zero-order valence-electron chi connectivity index (χ0n) is 21.4. The molecule has 0 amide bonds. The van der Waals surface area contributed by atoms with Crippen LogP contribution in [0.1, 0.15) is 156 Å². The van der Waals surface area contributed by atoms with Crippen molar-refractivity contribution in [2.75, 3.05) is 26.2 Å². The molecule has 1 heteroatoms. The smallest absolute Gasteiger partial charge is 0.0786 e. The Bertz CT molecular complexity index is 291. The van der Waals surface area contributed by atoms with Gasteiger partial charge in [-0.3, -0.25) is 0 Å². The van der Waals surface area contributed by atoms with Gasteiger partial charge in [0.1, 0.15) is 0 Å². The zero-order valence-corrected chi connectivity index (χ0v) is 21.4. The number of hydrogen-bond acceptors (Lipinski definition) is 0. The number of rotatable bonds is 24. The second-order valence-corrected chi connectivity index (χ2v) is 9.89. The molecule has 0 aliphatic rings. The maximum atomic E-state index is 2.39. The molecule has 0 spiro atoms. The van der Waals surface area contributed by atoms with Crippen molar-refractivity contribution < 1.29 is 4.48 Å². The van der Waals surface area contributed by atoms with Crippen molar-refractivity contribution in [3.63, 3.8) is 0 Å². The highest BCUT2D eigenvalue weighted by atomic mass is 15.3. The van der Waals surface area contributed by atoms with E-state index in [0.717, 1.165) is 0 Å². The quantitative estimate of drug-likeness (QED) is 0.110. The van der Waals surface area contributed by atoms with E-state index in [-0.39, 0.29) is 0 Å². The summed E-state index contributed by atoms with van der Waals surface area (Å²) in [5.41, 5.74) is 0. The SMILES string of the molecule is CCCCCCCCCCCCCCCCC[N+](CCC)(CCCC)CCCC. The summed E-state index contributed by atoms with van der Waals surface area (Å²) in [6, 6.07) is 0. The van der Waals surface area contributed by atoms with Crippen LogP contribution in [-0.2, 0) is 0 Å². The molecule has 0 aromatic carbocycles. The van der Waals surface area contributed by atoms with Crippen LogP contribution < -0.4 is 0 Å². The normalized spacial score (nSPS) is 12.0. The largest absolute Gasteiger partial charge is 0.324 e. The molecular formula is C28H60N+. The van der Waals surface area contributed by atoms with Crippen LogP contribution in [0.5, 0.6) is 0 Å². The molecular weight excluding hydrogens is 350 g/mol. The van der Waals surface area contributed by atoms with E-state index in [4.69, 9.17) is 0 Å². The van der Waals surface area contributed by atoms with Crippen molar-refractivity contribution in [1.29, 1.82) is 0 Å². The predicted octanol–water partition coefficient (Wildman–Crippen LogP) is 9.68. The third-order valence-electron chi connectivity index (χ3n) is 6.91. The van der Waals surface area contributed by atoms with E-state index in [1.165, 1.54) is 159 Å². The topological polar surface area (TPSA) is 0 Å². The number of quaternary nitrogens is 1. The van der Waals surface area contributed by atoms with Crippen LogP contribution in [0, 0.1) is 0 Å². The third-order valence-corrected chi connectivity index (χ3v) is 6.91. The minimum atomic E-state index is 1.35. The first-order valence-electron chi connectivity index (χ1n) is 14.1. The summed E-state index contributed by atoms with van der Waals surface area (Å²) < 4.78 is 1.43. The van der Waals surface area contributed by atoms with Gasteiger partial charge < -0.3 is 4.48 Å². The molecule has 1 nitrogen and oxygen atoms in total. The second-order valence-electron chi connectivity index (χ2n) is 9.89. The van der Waals surface area contributed by atoms with Crippen molar-refractivity contribution in [2.45, 2.75) is 156 Å². The van der Waals surface area contributed by atoms with Gasteiger partial charge in [0.25, 0.3) is 0 Å². The van der Waals surface area contributed by atoms with E-state index in [1.54, 1.807) is 0 Å². The molecule has 29 heavy (non-hydrogen) atoms. The van der Waals surface area contributed by atoms with Crippen molar-refractivity contribution in [2.24, 2.45) is 0 Å². The first kappa shape index (κ1) is 29.0. The maximum absolute atomic E-state index is 2.39. The molecule has 176 valence electrons. The monoisotopic (exact) mass is 410 g/mol. The number of nitrogens with zero attached hydrogens (tertiary/aromatic N) is 1. The summed E-state index contributed by atoms with van der Waals surface area (Å²) in [6.45, 7) is 15.1. The lowest BCUT2D eigenvalue weighted by Crippen LogP contribution is -2.50. The van der Waals surface area contributed by atoms with Gasteiger partial charge in [-0.15, -0.1) is 0 Å². The summed E-state index contributed by atoms with van der Waals surface area (Å²) in [6.07, 6.45) is 28.9. The van der Waals surface area contributed by atoms with Crippen molar-refractivity contribution in [3.05, 3.63) is 0 Å². The van der Waals surface area contributed by atoms with E-state index >= 15 is 0 Å². The Morgan fingerprint density at radius 1 is 0.276 bits per heavy atom. The fourth-order valence-corrected chi connectivity index (χ4v) is 4.95. The minimum absolute atomic E-state index is 1.35. The van der Waals surface area contributed by atoms with Crippen LogP contribution in [0.4, 0.5) is 0 Å². The highest BCUT2D eigenvalue weighted by Crippen LogP contribution is 2.18. The van der Waals surface area contributed by atoms with Gasteiger partial charge in [0.15, 0.2) is 0 Å². The number of hydrogen-bond donors (Lipinski definition) is 0. The highest BCUT2D eigenvalue weighted by Gasteiger charge is 2.24. The van der Waals surface area contributed by atoms with Crippen LogP contribution in [0.3, 0.4) is 0 Å². The lowest BCUT2D eigenvalue weighted by molar-refractivity contribution is -0.929. The van der Waals surface area contributed by atoms with Gasteiger partial charge in [-0.1, -0.05) is 124 Å². The molecule has 0 atom stereocenters. The van der Waals surface area contributed by atoms with Crippen LogP contribution in [0.2, 0.25) is 0 Å². The van der Waals surface area contributed by atoms with Crippen molar-refractivity contribution in [1.82, 2.24) is 0 Å².